The highest BCUT2D eigenvalue weighted by molar-refractivity contribution is 6.31. The molecule has 0 aliphatic heterocycles. The maximum atomic E-state index is 5.94. The van der Waals surface area contributed by atoms with E-state index in [-0.39, 0.29) is 5.96 Å². The van der Waals surface area contributed by atoms with Gasteiger partial charge in [-0.2, -0.15) is 0 Å². The normalized spacial score (nSPS) is 11.0. The maximum absolute atomic E-state index is 5.94. The Kier molecular flexibility index (Phi) is 6.51. The second-order valence-corrected chi connectivity index (χ2v) is 5.01. The van der Waals surface area contributed by atoms with E-state index in [0.717, 1.165) is 5.69 Å². The molecule has 0 aliphatic carbocycles. The van der Waals surface area contributed by atoms with Crippen LogP contribution in [-0.2, 0) is 0 Å². The minimum absolute atomic E-state index is 0.262. The lowest BCUT2D eigenvalue weighted by Crippen LogP contribution is -2.23. The zero-order valence-electron chi connectivity index (χ0n) is 13.5. The van der Waals surface area contributed by atoms with Crippen molar-refractivity contribution in [1.82, 2.24) is 4.98 Å². The topological polar surface area (TPSA) is 91.0 Å². The molecule has 0 saturated carbocycles. The lowest BCUT2D eigenvalue weighted by Gasteiger charge is -2.11. The van der Waals surface area contributed by atoms with Crippen LogP contribution in [0.4, 0.5) is 5.69 Å². The Labute approximate surface area is 145 Å². The predicted octanol–water partition coefficient (Wildman–Crippen LogP) is 2.56. The number of halogens is 1. The van der Waals surface area contributed by atoms with Gasteiger partial charge >= 0.3 is 0 Å². The van der Waals surface area contributed by atoms with Crippen LogP contribution in [-0.4, -0.2) is 38.3 Å². The molecule has 0 fully saturated rings. The first-order valence-corrected chi connectivity index (χ1v) is 7.54. The Morgan fingerprint density at radius 2 is 2.04 bits per heavy atom. The minimum Gasteiger partial charge on any atom is -0.493 e. The van der Waals surface area contributed by atoms with Crippen molar-refractivity contribution >= 4 is 23.2 Å². The molecule has 0 aliphatic rings. The lowest BCUT2D eigenvalue weighted by atomic mass is 10.3. The maximum Gasteiger partial charge on any atom is 0.232 e. The highest BCUT2D eigenvalue weighted by Gasteiger charge is 2.05. The van der Waals surface area contributed by atoms with Crippen molar-refractivity contribution in [2.24, 2.45) is 10.7 Å². The summed E-state index contributed by atoms with van der Waals surface area (Å²) >= 11 is 5.94. The van der Waals surface area contributed by atoms with Crippen LogP contribution in [0.1, 0.15) is 0 Å². The summed E-state index contributed by atoms with van der Waals surface area (Å²) in [6.45, 7) is 0.671. The second kappa shape index (κ2) is 8.83. The summed E-state index contributed by atoms with van der Waals surface area (Å²) in [4.78, 5) is 8.20. The Hall–Kier alpha value is -2.67. The number of nitrogens with two attached hydrogens (primary N) is 1. The van der Waals surface area contributed by atoms with Crippen LogP contribution in [0.2, 0.25) is 5.02 Å². The van der Waals surface area contributed by atoms with Gasteiger partial charge in [0.25, 0.3) is 0 Å². The number of nitrogens with zero attached hydrogens (tertiary/aromatic N) is 2. The first-order chi connectivity index (χ1) is 11.6. The van der Waals surface area contributed by atoms with Crippen LogP contribution in [0.5, 0.6) is 17.4 Å². The van der Waals surface area contributed by atoms with Gasteiger partial charge in [-0.05, 0) is 24.3 Å². The van der Waals surface area contributed by atoms with Crippen molar-refractivity contribution in [2.45, 2.75) is 0 Å². The minimum atomic E-state index is 0.262. The van der Waals surface area contributed by atoms with Crippen LogP contribution < -0.4 is 25.3 Å². The van der Waals surface area contributed by atoms with E-state index in [4.69, 9.17) is 31.5 Å². The van der Waals surface area contributed by atoms with Gasteiger partial charge in [0.15, 0.2) is 17.5 Å². The number of aromatic nitrogens is 1. The quantitative estimate of drug-likeness (QED) is 0.453. The van der Waals surface area contributed by atoms with Gasteiger partial charge in [0.05, 0.1) is 20.8 Å². The van der Waals surface area contributed by atoms with E-state index in [9.17, 15) is 0 Å². The molecule has 0 atom stereocenters. The number of anilines is 1. The van der Waals surface area contributed by atoms with Crippen LogP contribution in [0.15, 0.2) is 41.5 Å². The third kappa shape index (κ3) is 4.92. The van der Waals surface area contributed by atoms with E-state index in [2.05, 4.69) is 15.3 Å². The number of ether oxygens (including phenoxy) is 3. The van der Waals surface area contributed by atoms with Gasteiger partial charge in [-0.1, -0.05) is 11.6 Å². The SMILES string of the molecule is COc1ccc(NC(N)=NCCOc2ncccc2Cl)cc1OC. The van der Waals surface area contributed by atoms with Crippen molar-refractivity contribution in [3.05, 3.63) is 41.6 Å². The van der Waals surface area contributed by atoms with Gasteiger partial charge in [-0.25, -0.2) is 9.98 Å². The summed E-state index contributed by atoms with van der Waals surface area (Å²) in [5.41, 5.74) is 6.59. The summed E-state index contributed by atoms with van der Waals surface area (Å²) in [7, 11) is 3.15. The molecular weight excluding hydrogens is 332 g/mol. The molecule has 2 aromatic rings. The summed E-state index contributed by atoms with van der Waals surface area (Å²) in [5, 5.41) is 3.43. The molecule has 24 heavy (non-hydrogen) atoms. The predicted molar refractivity (Wildman–Crippen MR) is 94.4 cm³/mol. The first-order valence-electron chi connectivity index (χ1n) is 7.16. The highest BCUT2D eigenvalue weighted by atomic mass is 35.5. The van der Waals surface area contributed by atoms with E-state index >= 15 is 0 Å². The number of nitrogens with one attached hydrogen (secondary N) is 1. The Morgan fingerprint density at radius 1 is 1.25 bits per heavy atom. The number of benzene rings is 1. The smallest absolute Gasteiger partial charge is 0.232 e. The largest absolute Gasteiger partial charge is 0.493 e. The van der Waals surface area contributed by atoms with E-state index < -0.39 is 0 Å². The average molecular weight is 351 g/mol. The number of guanidine groups is 1. The Bertz CT molecular complexity index is 709. The fourth-order valence-corrected chi connectivity index (χ4v) is 2.06. The van der Waals surface area contributed by atoms with Crippen molar-refractivity contribution in [3.63, 3.8) is 0 Å². The molecule has 1 heterocycles. The second-order valence-electron chi connectivity index (χ2n) is 4.60. The summed E-state index contributed by atoms with van der Waals surface area (Å²) in [6, 6.07) is 8.80. The van der Waals surface area contributed by atoms with Gasteiger partial charge in [-0.3, -0.25) is 0 Å². The van der Waals surface area contributed by atoms with E-state index in [1.54, 1.807) is 44.7 Å². The summed E-state index contributed by atoms with van der Waals surface area (Å²) in [6.07, 6.45) is 1.61. The molecule has 3 N–H and O–H groups in total. The number of hydrogen-bond acceptors (Lipinski definition) is 5. The standard InChI is InChI=1S/C16H19ClN4O3/c1-22-13-6-5-11(10-14(13)23-2)21-16(18)20-8-9-24-15-12(17)4-3-7-19-15/h3-7,10H,8-9H2,1-2H3,(H3,18,20,21). The Balaban J connectivity index is 1.87. The van der Waals surface area contributed by atoms with Gasteiger partial charge in [-0.15, -0.1) is 0 Å². The molecule has 0 radical (unpaired) electrons. The number of methoxy groups -OCH3 is 2. The molecule has 0 bridgehead atoms. The summed E-state index contributed by atoms with van der Waals surface area (Å²) in [5.74, 6) is 1.88. The zero-order valence-corrected chi connectivity index (χ0v) is 14.2. The fraction of sp³-hybridized carbons (Fsp3) is 0.250. The van der Waals surface area contributed by atoms with Gasteiger partial charge in [0.1, 0.15) is 11.6 Å². The molecule has 2 rings (SSSR count). The number of aliphatic imine (C=N–C) groups is 1. The first kappa shape index (κ1) is 17.7. The van der Waals surface area contributed by atoms with Crippen LogP contribution in [0, 0.1) is 0 Å². The third-order valence-electron chi connectivity index (χ3n) is 2.99. The lowest BCUT2D eigenvalue weighted by molar-refractivity contribution is 0.316. The Morgan fingerprint density at radius 3 is 2.75 bits per heavy atom. The third-order valence-corrected chi connectivity index (χ3v) is 3.28. The van der Waals surface area contributed by atoms with Crippen molar-refractivity contribution in [3.8, 4) is 17.4 Å². The van der Waals surface area contributed by atoms with Crippen LogP contribution in [0.3, 0.4) is 0 Å². The average Bonchev–Trinajstić information content (AvgIpc) is 2.60. The van der Waals surface area contributed by atoms with Crippen molar-refractivity contribution < 1.29 is 14.2 Å². The van der Waals surface area contributed by atoms with Gasteiger partial charge < -0.3 is 25.3 Å². The summed E-state index contributed by atoms with van der Waals surface area (Å²) < 4.78 is 15.8. The van der Waals surface area contributed by atoms with E-state index in [1.165, 1.54) is 0 Å². The van der Waals surface area contributed by atoms with Crippen LogP contribution in [0.25, 0.3) is 0 Å². The molecule has 0 amide bonds. The zero-order chi connectivity index (χ0) is 17.4. The molecule has 8 heteroatoms. The number of pyridine rings is 1. The van der Waals surface area contributed by atoms with Crippen LogP contribution >= 0.6 is 11.6 Å². The number of hydrogen-bond donors (Lipinski definition) is 2. The van der Waals surface area contributed by atoms with E-state index in [0.29, 0.717) is 35.6 Å². The van der Waals surface area contributed by atoms with Gasteiger partial charge in [0.2, 0.25) is 5.88 Å². The molecule has 0 saturated heterocycles. The van der Waals surface area contributed by atoms with Crippen molar-refractivity contribution in [2.75, 3.05) is 32.7 Å². The van der Waals surface area contributed by atoms with Crippen molar-refractivity contribution in [1.29, 1.82) is 0 Å². The molecular formula is C16H19ClN4O3. The molecule has 128 valence electrons. The highest BCUT2D eigenvalue weighted by Crippen LogP contribution is 2.29. The molecule has 1 aromatic heterocycles. The molecule has 1 aromatic carbocycles. The van der Waals surface area contributed by atoms with E-state index in [1.807, 2.05) is 6.07 Å². The monoisotopic (exact) mass is 350 g/mol. The van der Waals surface area contributed by atoms with Gasteiger partial charge in [0, 0.05) is 18.0 Å². The molecule has 0 unspecified atom stereocenters. The fourth-order valence-electron chi connectivity index (χ4n) is 1.89. The molecule has 0 spiro atoms. The number of rotatable bonds is 7. The molecule has 7 nitrogen and oxygen atoms in total.